The van der Waals surface area contributed by atoms with Gasteiger partial charge in [0, 0.05) is 36.3 Å². The number of aromatic nitrogens is 3. The molecule has 2 N–H and O–H groups in total. The summed E-state index contributed by atoms with van der Waals surface area (Å²) in [6.07, 6.45) is 4.41. The first kappa shape index (κ1) is 18.5. The monoisotopic (exact) mass is 405 g/mol. The van der Waals surface area contributed by atoms with Gasteiger partial charge in [-0.25, -0.2) is 0 Å². The van der Waals surface area contributed by atoms with E-state index in [0.29, 0.717) is 37.7 Å². The van der Waals surface area contributed by atoms with Crippen LogP contribution in [0, 0.1) is 5.92 Å². The van der Waals surface area contributed by atoms with Crippen LogP contribution >= 0.6 is 23.1 Å². The smallest absolute Gasteiger partial charge is 0.233 e. The molecule has 0 atom stereocenters. The average molecular weight is 406 g/mol. The maximum Gasteiger partial charge on any atom is 0.233 e. The Bertz CT molecular complexity index is 808. The van der Waals surface area contributed by atoms with Crippen LogP contribution in [-0.4, -0.2) is 50.3 Å². The van der Waals surface area contributed by atoms with Crippen molar-refractivity contribution in [2.75, 3.05) is 18.8 Å². The Morgan fingerprint density at radius 3 is 2.63 bits per heavy atom. The summed E-state index contributed by atoms with van der Waals surface area (Å²) in [6.45, 7) is 1.21. The molecule has 1 aliphatic heterocycles. The summed E-state index contributed by atoms with van der Waals surface area (Å²) in [5.74, 6) is 1.07. The van der Waals surface area contributed by atoms with Crippen molar-refractivity contribution in [2.45, 2.75) is 43.3 Å². The molecule has 7 nitrogen and oxygen atoms in total. The van der Waals surface area contributed by atoms with E-state index in [0.717, 1.165) is 30.2 Å². The molecular weight excluding hydrogens is 382 g/mol. The van der Waals surface area contributed by atoms with E-state index in [1.54, 1.807) is 11.3 Å². The fourth-order valence-corrected chi connectivity index (χ4v) is 5.05. The van der Waals surface area contributed by atoms with Crippen molar-refractivity contribution in [1.82, 2.24) is 19.7 Å². The van der Waals surface area contributed by atoms with Crippen molar-refractivity contribution < 1.29 is 9.59 Å². The fraction of sp³-hybridized carbons (Fsp3) is 0.556. The zero-order chi connectivity index (χ0) is 18.8. The summed E-state index contributed by atoms with van der Waals surface area (Å²) < 4.78 is 2.22. The van der Waals surface area contributed by atoms with E-state index in [1.165, 1.54) is 16.6 Å². The first-order chi connectivity index (χ1) is 13.1. The lowest BCUT2D eigenvalue weighted by molar-refractivity contribution is -0.132. The lowest BCUT2D eigenvalue weighted by Gasteiger charge is -2.30. The predicted molar refractivity (Wildman–Crippen MR) is 105 cm³/mol. The van der Waals surface area contributed by atoms with Crippen molar-refractivity contribution >= 4 is 34.9 Å². The highest BCUT2D eigenvalue weighted by Gasteiger charge is 2.31. The van der Waals surface area contributed by atoms with Crippen molar-refractivity contribution in [3.63, 3.8) is 0 Å². The van der Waals surface area contributed by atoms with E-state index in [-0.39, 0.29) is 17.7 Å². The van der Waals surface area contributed by atoms with Gasteiger partial charge in [-0.1, -0.05) is 17.8 Å². The molecule has 2 aromatic rings. The molecule has 2 aromatic heterocycles. The molecule has 0 radical (unpaired) electrons. The number of carbonyl (C=O) groups excluding carboxylic acids is 2. The first-order valence-corrected chi connectivity index (χ1v) is 11.1. The lowest BCUT2D eigenvalue weighted by Crippen LogP contribution is -2.42. The summed E-state index contributed by atoms with van der Waals surface area (Å²) in [4.78, 5) is 26.9. The highest BCUT2D eigenvalue weighted by Crippen LogP contribution is 2.39. The molecule has 144 valence electrons. The van der Waals surface area contributed by atoms with Gasteiger partial charge in [0.15, 0.2) is 5.16 Å². The second-order valence-electron chi connectivity index (χ2n) is 7.10. The molecule has 1 saturated heterocycles. The van der Waals surface area contributed by atoms with Crippen LogP contribution in [0.15, 0.2) is 22.7 Å². The standard InChI is InChI=1S/C18H23N5O2S2/c19-17(25)12-5-7-22(8-6-12)16(24)11-27-18-21-20-15(23(18)13-3-4-13)10-14-2-1-9-26-14/h1-2,9,12-13H,3-8,10-11H2,(H2,19,25). The summed E-state index contributed by atoms with van der Waals surface area (Å²) >= 11 is 3.19. The molecular formula is C18H23N5O2S2. The number of rotatable bonds is 7. The number of hydrogen-bond acceptors (Lipinski definition) is 6. The molecule has 2 amide bonds. The third-order valence-electron chi connectivity index (χ3n) is 5.13. The fourth-order valence-electron chi connectivity index (χ4n) is 3.43. The van der Waals surface area contributed by atoms with Crippen LogP contribution in [-0.2, 0) is 16.0 Å². The third kappa shape index (κ3) is 4.35. The minimum atomic E-state index is -0.257. The number of nitrogens with zero attached hydrogens (tertiary/aromatic N) is 4. The number of piperidine rings is 1. The van der Waals surface area contributed by atoms with E-state index >= 15 is 0 Å². The molecule has 0 aromatic carbocycles. The van der Waals surface area contributed by atoms with Gasteiger partial charge in [0.1, 0.15) is 5.82 Å². The van der Waals surface area contributed by atoms with Crippen molar-refractivity contribution in [3.8, 4) is 0 Å². The number of carbonyl (C=O) groups is 2. The average Bonchev–Trinajstić information content (AvgIpc) is 3.22. The Morgan fingerprint density at radius 2 is 2.00 bits per heavy atom. The molecule has 0 bridgehead atoms. The zero-order valence-electron chi connectivity index (χ0n) is 15.0. The topological polar surface area (TPSA) is 94.1 Å². The Morgan fingerprint density at radius 1 is 1.22 bits per heavy atom. The molecule has 1 aliphatic carbocycles. The minimum Gasteiger partial charge on any atom is -0.369 e. The summed E-state index contributed by atoms with van der Waals surface area (Å²) in [5.41, 5.74) is 5.36. The van der Waals surface area contributed by atoms with Crippen LogP contribution < -0.4 is 5.73 Å². The molecule has 0 unspecified atom stereocenters. The molecule has 4 rings (SSSR count). The first-order valence-electron chi connectivity index (χ1n) is 9.28. The van der Waals surface area contributed by atoms with E-state index in [4.69, 9.17) is 5.73 Å². The number of nitrogens with two attached hydrogens (primary N) is 1. The van der Waals surface area contributed by atoms with E-state index < -0.39 is 0 Å². The Kier molecular flexibility index (Phi) is 5.49. The van der Waals surface area contributed by atoms with Crippen molar-refractivity contribution in [1.29, 1.82) is 0 Å². The van der Waals surface area contributed by atoms with Crippen LogP contribution in [0.25, 0.3) is 0 Å². The lowest BCUT2D eigenvalue weighted by atomic mass is 9.96. The molecule has 9 heteroatoms. The second kappa shape index (κ2) is 8.02. The number of amides is 2. The van der Waals surface area contributed by atoms with Gasteiger partial charge in [0.05, 0.1) is 5.75 Å². The quantitative estimate of drug-likeness (QED) is 0.712. The van der Waals surface area contributed by atoms with Crippen LogP contribution in [0.4, 0.5) is 0 Å². The number of thiophene rings is 1. The van der Waals surface area contributed by atoms with Crippen LogP contribution in [0.1, 0.15) is 42.4 Å². The molecule has 2 fully saturated rings. The molecule has 2 aliphatic rings. The van der Waals surface area contributed by atoms with Gasteiger partial charge >= 0.3 is 0 Å². The van der Waals surface area contributed by atoms with E-state index in [9.17, 15) is 9.59 Å². The van der Waals surface area contributed by atoms with Gasteiger partial charge in [-0.2, -0.15) is 0 Å². The minimum absolute atomic E-state index is 0.0908. The summed E-state index contributed by atoms with van der Waals surface area (Å²) in [6, 6.07) is 4.63. The van der Waals surface area contributed by atoms with Gasteiger partial charge in [-0.05, 0) is 37.1 Å². The maximum absolute atomic E-state index is 12.5. The number of primary amides is 1. The van der Waals surface area contributed by atoms with Gasteiger partial charge in [0.2, 0.25) is 11.8 Å². The van der Waals surface area contributed by atoms with Crippen molar-refractivity contribution in [3.05, 3.63) is 28.2 Å². The van der Waals surface area contributed by atoms with Crippen LogP contribution in [0.2, 0.25) is 0 Å². The normalized spacial score (nSPS) is 18.0. The predicted octanol–water partition coefficient (Wildman–Crippen LogP) is 2.08. The Labute approximate surface area is 166 Å². The van der Waals surface area contributed by atoms with Gasteiger partial charge < -0.3 is 15.2 Å². The largest absolute Gasteiger partial charge is 0.369 e. The maximum atomic E-state index is 12.5. The molecule has 1 saturated carbocycles. The van der Waals surface area contributed by atoms with Crippen LogP contribution in [0.5, 0.6) is 0 Å². The highest BCUT2D eigenvalue weighted by atomic mass is 32.2. The third-order valence-corrected chi connectivity index (χ3v) is 6.94. The SMILES string of the molecule is NC(=O)C1CCN(C(=O)CSc2nnc(Cc3cccs3)n2C2CC2)CC1. The summed E-state index contributed by atoms with van der Waals surface area (Å²) in [7, 11) is 0. The number of hydrogen-bond donors (Lipinski definition) is 1. The van der Waals surface area contributed by atoms with Crippen molar-refractivity contribution in [2.24, 2.45) is 11.7 Å². The molecule has 0 spiro atoms. The van der Waals surface area contributed by atoms with E-state index in [2.05, 4.69) is 26.2 Å². The number of thioether (sulfide) groups is 1. The Hall–Kier alpha value is -1.87. The highest BCUT2D eigenvalue weighted by molar-refractivity contribution is 7.99. The van der Waals surface area contributed by atoms with Gasteiger partial charge in [0.25, 0.3) is 0 Å². The molecule has 27 heavy (non-hydrogen) atoms. The summed E-state index contributed by atoms with van der Waals surface area (Å²) in [5, 5.41) is 11.7. The van der Waals surface area contributed by atoms with Gasteiger partial charge in [-0.15, -0.1) is 21.5 Å². The number of likely N-dealkylation sites (tertiary alicyclic amines) is 1. The second-order valence-corrected chi connectivity index (χ2v) is 9.08. The molecule has 3 heterocycles. The Balaban J connectivity index is 1.36. The van der Waals surface area contributed by atoms with Crippen LogP contribution in [0.3, 0.4) is 0 Å². The zero-order valence-corrected chi connectivity index (χ0v) is 16.7. The van der Waals surface area contributed by atoms with E-state index in [1.807, 2.05) is 11.0 Å². The van der Waals surface area contributed by atoms with Gasteiger partial charge in [-0.3, -0.25) is 9.59 Å².